The number of halogens is 1. The Hall–Kier alpha value is -3.42. The molecule has 0 saturated carbocycles. The fourth-order valence-electron chi connectivity index (χ4n) is 5.67. The van der Waals surface area contributed by atoms with Crippen molar-refractivity contribution >= 4 is 5.69 Å². The van der Waals surface area contributed by atoms with Crippen molar-refractivity contribution in [2.24, 2.45) is 11.8 Å². The summed E-state index contributed by atoms with van der Waals surface area (Å²) >= 11 is 0. The SMILES string of the molecule is CNC[C@@H]1CN(c2ccc3c(c2)Cn2cc(-c4ccc(F)cc4)cc2-c2nccn2-3)CC(C)[C@@H]1O. The molecule has 0 radical (unpaired) electrons. The average Bonchev–Trinajstić information content (AvgIpc) is 3.47. The van der Waals surface area contributed by atoms with Gasteiger partial charge in [-0.3, -0.25) is 4.57 Å². The van der Waals surface area contributed by atoms with Gasteiger partial charge in [0.25, 0.3) is 0 Å². The minimum Gasteiger partial charge on any atom is -0.392 e. The van der Waals surface area contributed by atoms with Gasteiger partial charge < -0.3 is 19.9 Å². The number of piperidine rings is 1. The number of rotatable bonds is 4. The second kappa shape index (κ2) is 8.66. The van der Waals surface area contributed by atoms with Gasteiger partial charge in [-0.1, -0.05) is 19.1 Å². The molecule has 2 aliphatic heterocycles. The van der Waals surface area contributed by atoms with Crippen molar-refractivity contribution in [2.75, 3.05) is 31.6 Å². The van der Waals surface area contributed by atoms with Crippen LogP contribution in [0.3, 0.4) is 0 Å². The Morgan fingerprint density at radius 3 is 2.71 bits per heavy atom. The standard InChI is InChI=1S/C28H30FN5O/c1-18-14-32(17-22(13-30-2)27(18)35)24-7-8-25-21(11-24)16-33-15-20(19-3-5-23(29)6-4-19)12-26(33)28-31-9-10-34(25)28/h3-12,15,18,22,27,30,35H,13-14,16-17H2,1-2H3/t18?,22-,27+/m1/s1. The molecular weight excluding hydrogens is 441 g/mol. The van der Waals surface area contributed by atoms with Crippen LogP contribution in [-0.2, 0) is 6.54 Å². The Kier molecular flexibility index (Phi) is 5.46. The molecule has 1 unspecified atom stereocenters. The number of nitrogens with zero attached hydrogens (tertiary/aromatic N) is 4. The van der Waals surface area contributed by atoms with Gasteiger partial charge in [0.2, 0.25) is 0 Å². The zero-order valence-corrected chi connectivity index (χ0v) is 20.0. The number of nitrogens with one attached hydrogen (secondary N) is 1. The molecule has 4 heterocycles. The van der Waals surface area contributed by atoms with Gasteiger partial charge in [-0.25, -0.2) is 9.37 Å². The lowest BCUT2D eigenvalue weighted by molar-refractivity contribution is 0.0458. The highest BCUT2D eigenvalue weighted by Crippen LogP contribution is 2.36. The predicted octanol–water partition coefficient (Wildman–Crippen LogP) is 4.16. The Bertz CT molecular complexity index is 1360. The predicted molar refractivity (Wildman–Crippen MR) is 136 cm³/mol. The van der Waals surface area contributed by atoms with Crippen LogP contribution in [0, 0.1) is 17.7 Å². The molecule has 0 amide bonds. The van der Waals surface area contributed by atoms with Crippen molar-refractivity contribution in [1.29, 1.82) is 0 Å². The highest BCUT2D eigenvalue weighted by atomic mass is 19.1. The molecular formula is C28H30FN5O. The van der Waals surface area contributed by atoms with Crippen molar-refractivity contribution in [3.8, 4) is 28.3 Å². The fraction of sp³-hybridized carbons (Fsp3) is 0.321. The molecule has 7 heteroatoms. The van der Waals surface area contributed by atoms with Crippen LogP contribution in [-0.4, -0.2) is 52.0 Å². The summed E-state index contributed by atoms with van der Waals surface area (Å²) in [5.41, 5.74) is 6.59. The first-order chi connectivity index (χ1) is 17.0. The van der Waals surface area contributed by atoms with Gasteiger partial charge >= 0.3 is 0 Å². The fourth-order valence-corrected chi connectivity index (χ4v) is 5.67. The lowest BCUT2D eigenvalue weighted by atomic mass is 9.86. The van der Waals surface area contributed by atoms with Crippen LogP contribution in [0.2, 0.25) is 0 Å². The van der Waals surface area contributed by atoms with Crippen LogP contribution < -0.4 is 10.2 Å². The Labute approximate surface area is 204 Å². The molecule has 6 nitrogen and oxygen atoms in total. The van der Waals surface area contributed by atoms with Crippen molar-refractivity contribution in [2.45, 2.75) is 19.6 Å². The summed E-state index contributed by atoms with van der Waals surface area (Å²) in [6.07, 6.45) is 5.69. The third-order valence-electron chi connectivity index (χ3n) is 7.47. The van der Waals surface area contributed by atoms with Gasteiger partial charge in [0.15, 0.2) is 5.82 Å². The number of benzene rings is 2. The maximum absolute atomic E-state index is 13.5. The summed E-state index contributed by atoms with van der Waals surface area (Å²) < 4.78 is 17.9. The van der Waals surface area contributed by atoms with E-state index < -0.39 is 0 Å². The highest BCUT2D eigenvalue weighted by molar-refractivity contribution is 5.72. The zero-order valence-electron chi connectivity index (χ0n) is 20.0. The normalized spacial score (nSPS) is 21.3. The van der Waals surface area contributed by atoms with E-state index in [0.29, 0.717) is 0 Å². The quantitative estimate of drug-likeness (QED) is 0.413. The van der Waals surface area contributed by atoms with Crippen LogP contribution in [0.15, 0.2) is 67.1 Å². The lowest BCUT2D eigenvalue weighted by Gasteiger charge is -2.41. The summed E-state index contributed by atoms with van der Waals surface area (Å²) in [6, 6.07) is 15.4. The van der Waals surface area contributed by atoms with E-state index >= 15 is 0 Å². The molecule has 0 spiro atoms. The summed E-state index contributed by atoms with van der Waals surface area (Å²) in [4.78, 5) is 7.08. The van der Waals surface area contributed by atoms with Crippen LogP contribution in [0.1, 0.15) is 12.5 Å². The van der Waals surface area contributed by atoms with Gasteiger partial charge in [0.05, 0.1) is 17.5 Å². The average molecular weight is 472 g/mol. The van der Waals surface area contributed by atoms with Gasteiger partial charge in [-0.2, -0.15) is 0 Å². The van der Waals surface area contributed by atoms with E-state index in [1.165, 1.54) is 23.4 Å². The highest BCUT2D eigenvalue weighted by Gasteiger charge is 2.33. The van der Waals surface area contributed by atoms with Gasteiger partial charge in [-0.05, 0) is 60.5 Å². The molecule has 4 aromatic rings. The molecule has 2 aromatic heterocycles. The molecule has 2 N–H and O–H groups in total. The first kappa shape index (κ1) is 22.1. The minimum atomic E-state index is -0.291. The molecule has 180 valence electrons. The Balaban J connectivity index is 1.38. The molecule has 0 bridgehead atoms. The molecule has 1 fully saturated rings. The van der Waals surface area contributed by atoms with Crippen LogP contribution in [0.25, 0.3) is 28.3 Å². The first-order valence-electron chi connectivity index (χ1n) is 12.2. The van der Waals surface area contributed by atoms with Gasteiger partial charge in [0.1, 0.15) is 5.82 Å². The summed E-state index contributed by atoms with van der Waals surface area (Å²) in [6.45, 7) is 5.30. The maximum Gasteiger partial charge on any atom is 0.161 e. The van der Waals surface area contributed by atoms with E-state index in [9.17, 15) is 9.50 Å². The third-order valence-corrected chi connectivity index (χ3v) is 7.47. The number of aliphatic hydroxyl groups is 1. The molecule has 1 saturated heterocycles. The van der Waals surface area contributed by atoms with Crippen molar-refractivity contribution < 1.29 is 9.50 Å². The number of hydrogen-bond donors (Lipinski definition) is 2. The van der Waals surface area contributed by atoms with Crippen LogP contribution >= 0.6 is 0 Å². The van der Waals surface area contributed by atoms with E-state index in [0.717, 1.165) is 54.5 Å². The van der Waals surface area contributed by atoms with Crippen molar-refractivity contribution in [1.82, 2.24) is 19.4 Å². The van der Waals surface area contributed by atoms with Gasteiger partial charge in [-0.15, -0.1) is 0 Å². The molecule has 0 aliphatic carbocycles. The molecule has 2 aliphatic rings. The van der Waals surface area contributed by atoms with E-state index in [1.807, 2.05) is 31.6 Å². The van der Waals surface area contributed by atoms with E-state index in [4.69, 9.17) is 0 Å². The van der Waals surface area contributed by atoms with Crippen LogP contribution in [0.5, 0.6) is 0 Å². The smallest absolute Gasteiger partial charge is 0.161 e. The number of imidazole rings is 1. The van der Waals surface area contributed by atoms with E-state index in [2.05, 4.69) is 61.7 Å². The van der Waals surface area contributed by atoms with E-state index in [-0.39, 0.29) is 23.8 Å². The van der Waals surface area contributed by atoms with E-state index in [1.54, 1.807) is 0 Å². The van der Waals surface area contributed by atoms with Crippen molar-refractivity contribution in [3.05, 3.63) is 78.5 Å². The Morgan fingerprint density at radius 1 is 1.09 bits per heavy atom. The lowest BCUT2D eigenvalue weighted by Crippen LogP contribution is -2.51. The Morgan fingerprint density at radius 2 is 1.91 bits per heavy atom. The molecule has 35 heavy (non-hydrogen) atoms. The maximum atomic E-state index is 13.5. The topological polar surface area (TPSA) is 58.2 Å². The second-order valence-electron chi connectivity index (χ2n) is 9.87. The van der Waals surface area contributed by atoms with Crippen molar-refractivity contribution in [3.63, 3.8) is 0 Å². The number of aliphatic hydroxyl groups excluding tert-OH is 1. The zero-order chi connectivity index (χ0) is 24.1. The largest absolute Gasteiger partial charge is 0.392 e. The van der Waals surface area contributed by atoms with Crippen LogP contribution in [0.4, 0.5) is 10.1 Å². The second-order valence-corrected chi connectivity index (χ2v) is 9.87. The summed E-state index contributed by atoms with van der Waals surface area (Å²) in [5.74, 6) is 1.06. The third kappa shape index (κ3) is 3.85. The number of fused-ring (bicyclic) bond motifs is 5. The molecule has 6 rings (SSSR count). The first-order valence-corrected chi connectivity index (χ1v) is 12.2. The molecule has 3 atom stereocenters. The number of aromatic nitrogens is 3. The summed E-state index contributed by atoms with van der Waals surface area (Å²) in [5, 5.41) is 13.9. The van der Waals surface area contributed by atoms with Gasteiger partial charge in [0, 0.05) is 61.9 Å². The molecule has 2 aromatic carbocycles. The minimum absolute atomic E-state index is 0.192. The number of anilines is 1. The summed E-state index contributed by atoms with van der Waals surface area (Å²) in [7, 11) is 1.94. The monoisotopic (exact) mass is 471 g/mol. The number of hydrogen-bond acceptors (Lipinski definition) is 4.